The largest absolute Gasteiger partial charge is 0.478 e. The van der Waals surface area contributed by atoms with Crippen molar-refractivity contribution in [3.8, 4) is 11.8 Å². The summed E-state index contributed by atoms with van der Waals surface area (Å²) in [6, 6.07) is 19.0. The molecule has 26 heavy (non-hydrogen) atoms. The maximum absolute atomic E-state index is 11.9. The molecule has 0 atom stereocenters. The summed E-state index contributed by atoms with van der Waals surface area (Å²) in [5, 5.41) is 23.3. The number of carboxylic acid groups (broad SMARTS) is 1. The molecule has 0 spiro atoms. The van der Waals surface area contributed by atoms with Crippen molar-refractivity contribution in [1.82, 2.24) is 9.78 Å². The van der Waals surface area contributed by atoms with Crippen LogP contribution in [0.25, 0.3) is 5.69 Å². The van der Waals surface area contributed by atoms with E-state index in [1.165, 1.54) is 0 Å². The predicted octanol–water partition coefficient (Wildman–Crippen LogP) is 3.79. The molecule has 1 aromatic heterocycles. The van der Waals surface area contributed by atoms with Gasteiger partial charge in [0.15, 0.2) is 0 Å². The lowest BCUT2D eigenvalue weighted by Crippen LogP contribution is -2.06. The summed E-state index contributed by atoms with van der Waals surface area (Å²) in [4.78, 5) is 11.9. The number of hydrogen-bond acceptors (Lipinski definition) is 3. The van der Waals surface area contributed by atoms with Crippen LogP contribution in [-0.4, -0.2) is 20.9 Å². The maximum Gasteiger partial charge on any atom is 0.339 e. The van der Waals surface area contributed by atoms with E-state index in [1.54, 1.807) is 28.9 Å². The van der Waals surface area contributed by atoms with Crippen LogP contribution in [0, 0.1) is 11.3 Å². The van der Waals surface area contributed by atoms with Crippen LogP contribution in [0.1, 0.15) is 39.8 Å². The minimum absolute atomic E-state index is 0.285. The monoisotopic (exact) mass is 345 g/mol. The van der Waals surface area contributed by atoms with Crippen molar-refractivity contribution in [2.75, 3.05) is 0 Å². The molecule has 0 radical (unpaired) electrons. The third kappa shape index (κ3) is 3.50. The molecule has 3 aromatic rings. The zero-order chi connectivity index (χ0) is 18.5. The molecule has 1 heterocycles. The van der Waals surface area contributed by atoms with Crippen molar-refractivity contribution in [2.45, 2.75) is 26.2 Å². The first kappa shape index (κ1) is 17.4. The standard InChI is InChI=1S/C21H19N3O2/c1-2-19-20(21(25)26)18(13-10-15-6-4-3-5-7-15)23-24(19)17-11-8-16(14-22)9-12-17/h3-9,11-12H,2,10,13H2,1H3,(H,25,26). The molecule has 0 amide bonds. The fourth-order valence-corrected chi connectivity index (χ4v) is 3.05. The molecule has 0 saturated carbocycles. The third-order valence-electron chi connectivity index (χ3n) is 4.34. The van der Waals surface area contributed by atoms with Gasteiger partial charge >= 0.3 is 5.97 Å². The van der Waals surface area contributed by atoms with Gasteiger partial charge in [-0.1, -0.05) is 37.3 Å². The quantitative estimate of drug-likeness (QED) is 0.737. The van der Waals surface area contributed by atoms with Crippen LogP contribution in [0.5, 0.6) is 0 Å². The minimum Gasteiger partial charge on any atom is -0.478 e. The fraction of sp³-hybridized carbons (Fsp3) is 0.190. The summed E-state index contributed by atoms with van der Waals surface area (Å²) >= 11 is 0. The van der Waals surface area contributed by atoms with Gasteiger partial charge in [0, 0.05) is 0 Å². The summed E-state index contributed by atoms with van der Waals surface area (Å²) in [5.41, 5.74) is 4.01. The van der Waals surface area contributed by atoms with Crippen LogP contribution in [0.2, 0.25) is 0 Å². The van der Waals surface area contributed by atoms with E-state index in [9.17, 15) is 9.90 Å². The van der Waals surface area contributed by atoms with Crippen molar-refractivity contribution in [3.05, 3.63) is 82.7 Å². The Bertz CT molecular complexity index is 951. The Morgan fingerprint density at radius 2 is 1.81 bits per heavy atom. The molecule has 0 bridgehead atoms. The third-order valence-corrected chi connectivity index (χ3v) is 4.34. The van der Waals surface area contributed by atoms with Crippen LogP contribution >= 0.6 is 0 Å². The van der Waals surface area contributed by atoms with Gasteiger partial charge in [0.2, 0.25) is 0 Å². The highest BCUT2D eigenvalue weighted by Crippen LogP contribution is 2.22. The molecular weight excluding hydrogens is 326 g/mol. The van der Waals surface area contributed by atoms with E-state index >= 15 is 0 Å². The van der Waals surface area contributed by atoms with Gasteiger partial charge in [-0.25, -0.2) is 9.48 Å². The highest BCUT2D eigenvalue weighted by molar-refractivity contribution is 5.90. The Hall–Kier alpha value is -3.39. The molecule has 1 N–H and O–H groups in total. The van der Waals surface area contributed by atoms with Gasteiger partial charge in [-0.15, -0.1) is 0 Å². The number of hydrogen-bond donors (Lipinski definition) is 1. The zero-order valence-corrected chi connectivity index (χ0v) is 14.5. The summed E-state index contributed by atoms with van der Waals surface area (Å²) in [7, 11) is 0. The number of carbonyl (C=O) groups is 1. The molecule has 130 valence electrons. The normalized spacial score (nSPS) is 10.5. The maximum atomic E-state index is 11.9. The Kier molecular flexibility index (Phi) is 5.14. The van der Waals surface area contributed by atoms with Crippen molar-refractivity contribution >= 4 is 5.97 Å². The van der Waals surface area contributed by atoms with E-state index < -0.39 is 5.97 Å². The molecule has 0 fully saturated rings. The van der Waals surface area contributed by atoms with Gasteiger partial charge < -0.3 is 5.11 Å². The van der Waals surface area contributed by atoms with Crippen LogP contribution in [0.15, 0.2) is 54.6 Å². The first-order chi connectivity index (χ1) is 12.6. The molecular formula is C21H19N3O2. The van der Waals surface area contributed by atoms with E-state index in [4.69, 9.17) is 5.26 Å². The van der Waals surface area contributed by atoms with E-state index in [1.807, 2.05) is 37.3 Å². The Morgan fingerprint density at radius 1 is 1.12 bits per heavy atom. The lowest BCUT2D eigenvalue weighted by Gasteiger charge is -2.06. The van der Waals surface area contributed by atoms with Gasteiger partial charge in [-0.2, -0.15) is 10.4 Å². The average molecular weight is 345 g/mol. The minimum atomic E-state index is -0.954. The second kappa shape index (κ2) is 7.66. The Morgan fingerprint density at radius 3 is 2.38 bits per heavy atom. The predicted molar refractivity (Wildman–Crippen MR) is 98.5 cm³/mol. The van der Waals surface area contributed by atoms with Gasteiger partial charge in [0.05, 0.1) is 28.7 Å². The van der Waals surface area contributed by atoms with Crippen molar-refractivity contribution in [2.24, 2.45) is 0 Å². The van der Waals surface area contributed by atoms with E-state index in [0.717, 1.165) is 17.7 Å². The highest BCUT2D eigenvalue weighted by atomic mass is 16.4. The smallest absolute Gasteiger partial charge is 0.339 e. The second-order valence-electron chi connectivity index (χ2n) is 5.98. The molecule has 0 saturated heterocycles. The molecule has 5 heteroatoms. The van der Waals surface area contributed by atoms with Crippen LogP contribution in [-0.2, 0) is 19.3 Å². The van der Waals surface area contributed by atoms with Crippen molar-refractivity contribution < 1.29 is 9.90 Å². The second-order valence-corrected chi connectivity index (χ2v) is 5.98. The molecule has 0 aliphatic carbocycles. The van der Waals surface area contributed by atoms with Crippen molar-refractivity contribution in [3.63, 3.8) is 0 Å². The van der Waals surface area contributed by atoms with E-state index in [2.05, 4.69) is 11.2 Å². The number of aromatic nitrogens is 2. The van der Waals surface area contributed by atoms with Gasteiger partial charge in [-0.3, -0.25) is 0 Å². The van der Waals surface area contributed by atoms with Gasteiger partial charge in [-0.05, 0) is 49.1 Å². The van der Waals surface area contributed by atoms with E-state index in [-0.39, 0.29) is 5.56 Å². The molecule has 0 unspecified atom stereocenters. The van der Waals surface area contributed by atoms with Crippen LogP contribution in [0.3, 0.4) is 0 Å². The summed E-state index contributed by atoms with van der Waals surface area (Å²) in [5.74, 6) is -0.954. The first-order valence-corrected chi connectivity index (χ1v) is 8.52. The number of aromatic carboxylic acids is 1. The van der Waals surface area contributed by atoms with Crippen LogP contribution < -0.4 is 0 Å². The van der Waals surface area contributed by atoms with Gasteiger partial charge in [0.1, 0.15) is 5.56 Å². The Balaban J connectivity index is 1.99. The molecule has 5 nitrogen and oxygen atoms in total. The number of nitriles is 1. The zero-order valence-electron chi connectivity index (χ0n) is 14.5. The van der Waals surface area contributed by atoms with Crippen LogP contribution in [0.4, 0.5) is 0 Å². The number of carboxylic acids is 1. The lowest BCUT2D eigenvalue weighted by molar-refractivity contribution is 0.0694. The summed E-state index contributed by atoms with van der Waals surface area (Å²) in [6.45, 7) is 1.92. The SMILES string of the molecule is CCc1c(C(=O)O)c(CCc2ccccc2)nn1-c1ccc(C#N)cc1. The molecule has 0 aliphatic rings. The highest BCUT2D eigenvalue weighted by Gasteiger charge is 2.22. The number of rotatable bonds is 6. The molecule has 3 rings (SSSR count). The first-order valence-electron chi connectivity index (χ1n) is 8.52. The molecule has 0 aliphatic heterocycles. The Labute approximate surface area is 152 Å². The van der Waals surface area contributed by atoms with Gasteiger partial charge in [0.25, 0.3) is 0 Å². The number of nitrogens with zero attached hydrogens (tertiary/aromatic N) is 3. The summed E-state index contributed by atoms with van der Waals surface area (Å²) < 4.78 is 1.69. The lowest BCUT2D eigenvalue weighted by atomic mass is 10.0. The number of aryl methyl sites for hydroxylation is 2. The average Bonchev–Trinajstić information content (AvgIpc) is 3.06. The molecule has 2 aromatic carbocycles. The summed E-state index contributed by atoms with van der Waals surface area (Å²) in [6.07, 6.45) is 1.84. The van der Waals surface area contributed by atoms with E-state index in [0.29, 0.717) is 29.8 Å². The fourth-order valence-electron chi connectivity index (χ4n) is 3.05. The van der Waals surface area contributed by atoms with Crippen molar-refractivity contribution in [1.29, 1.82) is 5.26 Å². The topological polar surface area (TPSA) is 78.9 Å². The number of benzene rings is 2.